The number of carbonyl (C=O) groups is 3. The van der Waals surface area contributed by atoms with Crippen molar-refractivity contribution in [2.24, 2.45) is 5.10 Å². The van der Waals surface area contributed by atoms with Crippen LogP contribution in [-0.2, 0) is 14.3 Å². The summed E-state index contributed by atoms with van der Waals surface area (Å²) in [5.74, 6) is -1.05. The van der Waals surface area contributed by atoms with Crippen molar-refractivity contribution in [1.29, 1.82) is 0 Å². The van der Waals surface area contributed by atoms with Crippen LogP contribution >= 0.6 is 0 Å². The molecule has 0 fully saturated rings. The lowest BCUT2D eigenvalue weighted by Gasteiger charge is -2.10. The van der Waals surface area contributed by atoms with Gasteiger partial charge in [0.25, 0.3) is 11.8 Å². The van der Waals surface area contributed by atoms with E-state index in [1.54, 1.807) is 6.07 Å². The van der Waals surface area contributed by atoms with Crippen molar-refractivity contribution in [3.8, 4) is 11.5 Å². The van der Waals surface area contributed by atoms with Gasteiger partial charge in [-0.05, 0) is 18.2 Å². The van der Waals surface area contributed by atoms with Crippen LogP contribution < -0.4 is 20.2 Å². The Balaban J connectivity index is 1.52. The van der Waals surface area contributed by atoms with E-state index in [0.717, 1.165) is 11.1 Å². The van der Waals surface area contributed by atoms with Crippen molar-refractivity contribution < 1.29 is 28.6 Å². The molecule has 0 aromatic heterocycles. The van der Waals surface area contributed by atoms with Crippen LogP contribution in [0, 0.1) is 0 Å². The van der Waals surface area contributed by atoms with Crippen molar-refractivity contribution in [2.45, 2.75) is 0 Å². The molecule has 0 saturated carbocycles. The molecular weight excluding hydrogens is 450 g/mol. The summed E-state index contributed by atoms with van der Waals surface area (Å²) in [6.45, 7) is -0.964. The number of hydrogen-bond acceptors (Lipinski definition) is 7. The van der Waals surface area contributed by atoms with Crippen LogP contribution in [0.4, 0.5) is 0 Å². The summed E-state index contributed by atoms with van der Waals surface area (Å²) >= 11 is 0. The Morgan fingerprint density at radius 3 is 1.94 bits per heavy atom. The number of benzene rings is 3. The quantitative estimate of drug-likeness (QED) is 0.265. The molecule has 2 amide bonds. The molecule has 0 aliphatic carbocycles. The van der Waals surface area contributed by atoms with Gasteiger partial charge in [0.05, 0.1) is 19.9 Å². The smallest absolute Gasteiger partial charge is 0.325 e. The summed E-state index contributed by atoms with van der Waals surface area (Å²) in [6.07, 6.45) is 0. The number of methoxy groups -OCH3 is 2. The van der Waals surface area contributed by atoms with Gasteiger partial charge in [0.1, 0.15) is 6.54 Å². The van der Waals surface area contributed by atoms with Crippen LogP contribution in [0.25, 0.3) is 0 Å². The molecule has 35 heavy (non-hydrogen) atoms. The van der Waals surface area contributed by atoms with Gasteiger partial charge in [-0.2, -0.15) is 5.10 Å². The number of hydrazone groups is 1. The van der Waals surface area contributed by atoms with Crippen LogP contribution in [0.15, 0.2) is 84.0 Å². The Morgan fingerprint density at radius 1 is 0.771 bits per heavy atom. The standard InChI is InChI=1S/C26H25N3O6/c1-33-21-14-13-20(15-22(21)34-2)26(32)27-16-24(31)35-17-23(30)28-29-25(18-9-5-3-6-10-18)19-11-7-4-8-12-19/h3-15H,16-17H2,1-2H3,(H,27,32)(H,28,30). The SMILES string of the molecule is COc1ccc(C(=O)NCC(=O)OCC(=O)NN=C(c2ccccc2)c2ccccc2)cc1OC. The van der Waals surface area contributed by atoms with Crippen LogP contribution in [0.3, 0.4) is 0 Å². The first kappa shape index (κ1) is 25.0. The number of nitrogens with one attached hydrogen (secondary N) is 2. The monoisotopic (exact) mass is 475 g/mol. The Kier molecular flexibility index (Phi) is 8.95. The summed E-state index contributed by atoms with van der Waals surface area (Å²) in [5, 5.41) is 6.66. The highest BCUT2D eigenvalue weighted by Crippen LogP contribution is 2.27. The molecule has 180 valence electrons. The third kappa shape index (κ3) is 7.16. The van der Waals surface area contributed by atoms with Gasteiger partial charge in [-0.3, -0.25) is 14.4 Å². The van der Waals surface area contributed by atoms with E-state index < -0.39 is 30.9 Å². The maximum Gasteiger partial charge on any atom is 0.325 e. The summed E-state index contributed by atoms with van der Waals surface area (Å²) < 4.78 is 15.2. The fraction of sp³-hybridized carbons (Fsp3) is 0.154. The second-order valence-electron chi connectivity index (χ2n) is 7.14. The number of rotatable bonds is 10. The third-order valence-corrected chi connectivity index (χ3v) is 4.79. The minimum atomic E-state index is -0.774. The highest BCUT2D eigenvalue weighted by molar-refractivity contribution is 6.13. The zero-order chi connectivity index (χ0) is 25.0. The summed E-state index contributed by atoms with van der Waals surface area (Å²) in [4.78, 5) is 36.5. The van der Waals surface area contributed by atoms with Crippen molar-refractivity contribution in [1.82, 2.24) is 10.7 Å². The van der Waals surface area contributed by atoms with Crippen LogP contribution in [0.2, 0.25) is 0 Å². The first-order valence-corrected chi connectivity index (χ1v) is 10.6. The lowest BCUT2D eigenvalue weighted by Crippen LogP contribution is -2.33. The largest absolute Gasteiger partial charge is 0.493 e. The second-order valence-corrected chi connectivity index (χ2v) is 7.14. The lowest BCUT2D eigenvalue weighted by molar-refractivity contribution is -0.147. The molecule has 0 heterocycles. The summed E-state index contributed by atoms with van der Waals surface area (Å²) in [6, 6.07) is 23.3. The van der Waals surface area contributed by atoms with Gasteiger partial charge in [-0.1, -0.05) is 60.7 Å². The Bertz CT molecular complexity index is 1150. The zero-order valence-corrected chi connectivity index (χ0v) is 19.3. The molecule has 0 unspecified atom stereocenters. The van der Waals surface area contributed by atoms with Gasteiger partial charge in [-0.15, -0.1) is 0 Å². The molecule has 0 radical (unpaired) electrons. The zero-order valence-electron chi connectivity index (χ0n) is 19.3. The van der Waals surface area contributed by atoms with E-state index in [-0.39, 0.29) is 5.56 Å². The number of esters is 1. The minimum absolute atomic E-state index is 0.275. The lowest BCUT2D eigenvalue weighted by atomic mass is 10.0. The Hall–Kier alpha value is -4.66. The highest BCUT2D eigenvalue weighted by Gasteiger charge is 2.14. The van der Waals surface area contributed by atoms with Crippen molar-refractivity contribution >= 4 is 23.5 Å². The number of hydrogen-bond donors (Lipinski definition) is 2. The van der Waals surface area contributed by atoms with E-state index in [2.05, 4.69) is 15.8 Å². The predicted molar refractivity (Wildman–Crippen MR) is 130 cm³/mol. The molecule has 3 aromatic carbocycles. The Labute approximate surface area is 202 Å². The van der Waals surface area contributed by atoms with E-state index in [4.69, 9.17) is 14.2 Å². The van der Waals surface area contributed by atoms with Crippen LogP contribution in [0.1, 0.15) is 21.5 Å². The van der Waals surface area contributed by atoms with Gasteiger partial charge in [-0.25, -0.2) is 5.43 Å². The second kappa shape index (κ2) is 12.5. The van der Waals surface area contributed by atoms with E-state index in [1.165, 1.54) is 26.4 Å². The van der Waals surface area contributed by atoms with Gasteiger partial charge in [0.2, 0.25) is 0 Å². The van der Waals surface area contributed by atoms with Gasteiger partial charge >= 0.3 is 5.97 Å². The number of carbonyl (C=O) groups excluding carboxylic acids is 3. The molecule has 0 aliphatic rings. The fourth-order valence-electron chi connectivity index (χ4n) is 3.07. The normalized spacial score (nSPS) is 10.0. The van der Waals surface area contributed by atoms with E-state index in [1.807, 2.05) is 60.7 Å². The molecule has 0 atom stereocenters. The summed E-state index contributed by atoms with van der Waals surface area (Å²) in [7, 11) is 2.94. The minimum Gasteiger partial charge on any atom is -0.493 e. The average molecular weight is 476 g/mol. The van der Waals surface area contributed by atoms with Gasteiger partial charge < -0.3 is 19.5 Å². The highest BCUT2D eigenvalue weighted by atomic mass is 16.5. The third-order valence-electron chi connectivity index (χ3n) is 4.79. The van der Waals surface area contributed by atoms with Crippen LogP contribution in [0.5, 0.6) is 11.5 Å². The number of amides is 2. The van der Waals surface area contributed by atoms with Crippen molar-refractivity contribution in [3.05, 3.63) is 95.6 Å². The predicted octanol–water partition coefficient (Wildman–Crippen LogP) is 2.55. The van der Waals surface area contributed by atoms with Crippen LogP contribution in [-0.4, -0.2) is 50.9 Å². The summed E-state index contributed by atoms with van der Waals surface area (Å²) in [5.41, 5.74) is 4.87. The number of nitrogens with zero attached hydrogens (tertiary/aromatic N) is 1. The van der Waals surface area contributed by atoms with E-state index >= 15 is 0 Å². The van der Waals surface area contributed by atoms with Crippen molar-refractivity contribution in [2.75, 3.05) is 27.4 Å². The van der Waals surface area contributed by atoms with Gasteiger partial charge in [0.15, 0.2) is 18.1 Å². The maximum absolute atomic E-state index is 12.3. The molecule has 0 saturated heterocycles. The fourth-order valence-corrected chi connectivity index (χ4v) is 3.07. The molecular formula is C26H25N3O6. The first-order chi connectivity index (χ1) is 17.0. The molecule has 3 aromatic rings. The molecule has 3 rings (SSSR count). The van der Waals surface area contributed by atoms with E-state index in [0.29, 0.717) is 17.2 Å². The van der Waals surface area contributed by atoms with Gasteiger partial charge in [0, 0.05) is 16.7 Å². The van der Waals surface area contributed by atoms with E-state index in [9.17, 15) is 14.4 Å². The molecule has 0 bridgehead atoms. The molecule has 9 heteroatoms. The number of ether oxygens (including phenoxy) is 3. The molecule has 0 spiro atoms. The molecule has 2 N–H and O–H groups in total. The Morgan fingerprint density at radius 2 is 1.37 bits per heavy atom. The average Bonchev–Trinajstić information content (AvgIpc) is 2.91. The molecule has 0 aliphatic heterocycles. The topological polar surface area (TPSA) is 115 Å². The van der Waals surface area contributed by atoms with Crippen molar-refractivity contribution in [3.63, 3.8) is 0 Å². The first-order valence-electron chi connectivity index (χ1n) is 10.6. The maximum atomic E-state index is 12.3. The molecule has 9 nitrogen and oxygen atoms in total.